The zero-order valence-electron chi connectivity index (χ0n) is 13.3. The van der Waals surface area contributed by atoms with Crippen molar-refractivity contribution in [3.8, 4) is 0 Å². The van der Waals surface area contributed by atoms with Crippen molar-refractivity contribution in [1.82, 2.24) is 13.8 Å². The van der Waals surface area contributed by atoms with Gasteiger partial charge in [0.05, 0.1) is 17.4 Å². The number of aliphatic hydroxyl groups excluding tert-OH is 1. The van der Waals surface area contributed by atoms with Crippen molar-refractivity contribution >= 4 is 15.9 Å². The molecule has 9 heteroatoms. The Morgan fingerprint density at radius 1 is 1.35 bits per heavy atom. The van der Waals surface area contributed by atoms with Gasteiger partial charge in [-0.25, -0.2) is 12.7 Å². The molecule has 0 radical (unpaired) electrons. The minimum atomic E-state index is -3.45. The summed E-state index contributed by atoms with van der Waals surface area (Å²) in [6.45, 7) is 0.241. The third-order valence-corrected chi connectivity index (χ3v) is 5.97. The smallest absolute Gasteiger partial charge is 0.255 e. The zero-order chi connectivity index (χ0) is 17.4. The zero-order valence-corrected chi connectivity index (χ0v) is 14.2. The van der Waals surface area contributed by atoms with E-state index in [-0.39, 0.29) is 30.3 Å². The number of hydrogen-bond acceptors (Lipinski definition) is 5. The molecule has 0 aromatic carbocycles. The van der Waals surface area contributed by atoms with Crippen LogP contribution in [0.5, 0.6) is 0 Å². The Bertz CT molecular complexity index is 756. The maximum Gasteiger partial charge on any atom is 0.255 e. The normalized spacial score (nSPS) is 21.9. The third kappa shape index (κ3) is 3.80. The standard InChI is InChI=1S/C14H21N3O5S/c1-15(2)23(21,22)9-11-7-17(8-12(11)18)14(20)10-4-5-13(19)16(3)6-10/h4-6,11-12,18H,7-9H2,1-3H3/t11-,12+/m0/s1. The second kappa shape index (κ2) is 6.42. The molecular formula is C14H21N3O5S. The lowest BCUT2D eigenvalue weighted by Crippen LogP contribution is -2.33. The van der Waals surface area contributed by atoms with E-state index in [1.807, 2.05) is 0 Å². The first-order chi connectivity index (χ1) is 10.6. The Kier molecular flexibility index (Phi) is 4.92. The maximum absolute atomic E-state index is 12.4. The number of β-amino-alcohol motifs (C(OH)–C–C–N with tert-alkyl or cyclic N) is 1. The van der Waals surface area contributed by atoms with E-state index in [9.17, 15) is 23.1 Å². The Balaban J connectivity index is 2.13. The Hall–Kier alpha value is -1.71. The number of aromatic nitrogens is 1. The number of aryl methyl sites for hydroxylation is 1. The lowest BCUT2D eigenvalue weighted by molar-refractivity contribution is 0.0764. The van der Waals surface area contributed by atoms with Crippen LogP contribution in [0.15, 0.2) is 23.1 Å². The molecule has 8 nitrogen and oxygen atoms in total. The minimum Gasteiger partial charge on any atom is -0.391 e. The highest BCUT2D eigenvalue weighted by atomic mass is 32.2. The first-order valence-electron chi connectivity index (χ1n) is 7.16. The lowest BCUT2D eigenvalue weighted by atomic mass is 10.1. The lowest BCUT2D eigenvalue weighted by Gasteiger charge is -2.18. The van der Waals surface area contributed by atoms with E-state index in [0.717, 1.165) is 4.31 Å². The first kappa shape index (κ1) is 17.6. The van der Waals surface area contributed by atoms with Gasteiger partial charge in [-0.2, -0.15) is 0 Å². The monoisotopic (exact) mass is 343 g/mol. The molecule has 2 atom stereocenters. The number of carbonyl (C=O) groups excluding carboxylic acids is 1. The molecule has 23 heavy (non-hydrogen) atoms. The molecule has 1 aliphatic rings. The van der Waals surface area contributed by atoms with Gasteiger partial charge in [-0.1, -0.05) is 0 Å². The van der Waals surface area contributed by atoms with Crippen LogP contribution in [0.4, 0.5) is 0 Å². The number of aliphatic hydroxyl groups is 1. The summed E-state index contributed by atoms with van der Waals surface area (Å²) < 4.78 is 26.3. The molecule has 1 aliphatic heterocycles. The number of amides is 1. The molecule has 0 unspecified atom stereocenters. The summed E-state index contributed by atoms with van der Waals surface area (Å²) in [4.78, 5) is 25.2. The van der Waals surface area contributed by atoms with E-state index < -0.39 is 22.0 Å². The van der Waals surface area contributed by atoms with Crippen LogP contribution in [-0.4, -0.2) is 72.2 Å². The Morgan fingerprint density at radius 3 is 2.57 bits per heavy atom. The van der Waals surface area contributed by atoms with E-state index in [1.165, 1.54) is 41.9 Å². The number of likely N-dealkylation sites (tertiary alicyclic amines) is 1. The van der Waals surface area contributed by atoms with Crippen LogP contribution < -0.4 is 5.56 Å². The van der Waals surface area contributed by atoms with Crippen molar-refractivity contribution < 1.29 is 18.3 Å². The fraction of sp³-hybridized carbons (Fsp3) is 0.571. The van der Waals surface area contributed by atoms with Gasteiger partial charge in [0.1, 0.15) is 0 Å². The highest BCUT2D eigenvalue weighted by Gasteiger charge is 2.37. The van der Waals surface area contributed by atoms with Crippen LogP contribution in [0.25, 0.3) is 0 Å². The number of sulfonamides is 1. The predicted octanol–water partition coefficient (Wildman–Crippen LogP) is -1.29. The Labute approximate surface area is 135 Å². The number of carbonyl (C=O) groups is 1. The number of pyridine rings is 1. The van der Waals surface area contributed by atoms with Gasteiger partial charge in [-0.05, 0) is 6.07 Å². The van der Waals surface area contributed by atoms with Crippen molar-refractivity contribution in [2.24, 2.45) is 13.0 Å². The van der Waals surface area contributed by atoms with Crippen molar-refractivity contribution in [2.45, 2.75) is 6.10 Å². The topological polar surface area (TPSA) is 99.9 Å². The minimum absolute atomic E-state index is 0.0787. The SMILES string of the molecule is CN(C)S(=O)(=O)C[C@@H]1CN(C(=O)c2ccc(=O)n(C)c2)C[C@H]1O. The summed E-state index contributed by atoms with van der Waals surface area (Å²) in [5.74, 6) is -1.07. The molecule has 2 heterocycles. The molecule has 0 spiro atoms. The highest BCUT2D eigenvalue weighted by molar-refractivity contribution is 7.89. The van der Waals surface area contributed by atoms with Crippen LogP contribution in [0.2, 0.25) is 0 Å². The Morgan fingerprint density at radius 2 is 2.00 bits per heavy atom. The van der Waals surface area contributed by atoms with Crippen LogP contribution in [0, 0.1) is 5.92 Å². The number of hydrogen-bond donors (Lipinski definition) is 1. The van der Waals surface area contributed by atoms with Crippen LogP contribution >= 0.6 is 0 Å². The summed E-state index contributed by atoms with van der Waals surface area (Å²) >= 11 is 0. The molecule has 1 aromatic rings. The summed E-state index contributed by atoms with van der Waals surface area (Å²) in [5, 5.41) is 10.1. The van der Waals surface area contributed by atoms with Gasteiger partial charge in [0.2, 0.25) is 15.6 Å². The van der Waals surface area contributed by atoms with Crippen LogP contribution in [-0.2, 0) is 17.1 Å². The molecule has 0 aliphatic carbocycles. The van der Waals surface area contributed by atoms with Gasteiger partial charge in [0.15, 0.2) is 0 Å². The summed E-state index contributed by atoms with van der Waals surface area (Å²) in [6.07, 6.45) is 0.544. The maximum atomic E-state index is 12.4. The molecule has 1 aromatic heterocycles. The van der Waals surface area contributed by atoms with Crippen LogP contribution in [0.1, 0.15) is 10.4 Å². The average molecular weight is 343 g/mol. The molecule has 0 saturated carbocycles. The van der Waals surface area contributed by atoms with E-state index >= 15 is 0 Å². The molecule has 128 valence electrons. The fourth-order valence-corrected chi connectivity index (χ4v) is 3.67. The van der Waals surface area contributed by atoms with Crippen molar-refractivity contribution in [2.75, 3.05) is 32.9 Å². The molecule has 1 N–H and O–H groups in total. The third-order valence-electron chi connectivity index (χ3n) is 4.01. The molecule has 2 rings (SSSR count). The summed E-state index contributed by atoms with van der Waals surface area (Å²) in [6, 6.07) is 2.73. The highest BCUT2D eigenvalue weighted by Crippen LogP contribution is 2.21. The molecule has 1 saturated heterocycles. The molecule has 0 bridgehead atoms. The van der Waals surface area contributed by atoms with Crippen molar-refractivity contribution in [3.05, 3.63) is 34.2 Å². The molecule has 1 amide bonds. The molecular weight excluding hydrogens is 322 g/mol. The van der Waals surface area contributed by atoms with Gasteiger partial charge in [0.25, 0.3) is 5.91 Å². The van der Waals surface area contributed by atoms with Gasteiger partial charge >= 0.3 is 0 Å². The van der Waals surface area contributed by atoms with Gasteiger partial charge in [-0.15, -0.1) is 0 Å². The largest absolute Gasteiger partial charge is 0.391 e. The first-order valence-corrected chi connectivity index (χ1v) is 8.77. The molecule has 1 fully saturated rings. The van der Waals surface area contributed by atoms with Gasteiger partial charge in [0, 0.05) is 52.4 Å². The fourth-order valence-electron chi connectivity index (χ4n) is 2.51. The van der Waals surface area contributed by atoms with Crippen molar-refractivity contribution in [3.63, 3.8) is 0 Å². The predicted molar refractivity (Wildman–Crippen MR) is 84.6 cm³/mol. The second-order valence-electron chi connectivity index (χ2n) is 5.97. The quantitative estimate of drug-likeness (QED) is 0.733. The van der Waals surface area contributed by atoms with E-state index in [0.29, 0.717) is 5.56 Å². The van der Waals surface area contributed by atoms with E-state index in [1.54, 1.807) is 7.05 Å². The van der Waals surface area contributed by atoms with E-state index in [4.69, 9.17) is 0 Å². The summed E-state index contributed by atoms with van der Waals surface area (Å²) in [5.41, 5.74) is 0.105. The number of rotatable bonds is 4. The number of nitrogens with zero attached hydrogens (tertiary/aromatic N) is 3. The summed E-state index contributed by atoms with van der Waals surface area (Å²) in [7, 11) is 0.965. The van der Waals surface area contributed by atoms with Crippen molar-refractivity contribution in [1.29, 1.82) is 0 Å². The van der Waals surface area contributed by atoms with E-state index in [2.05, 4.69) is 0 Å². The second-order valence-corrected chi connectivity index (χ2v) is 8.19. The van der Waals surface area contributed by atoms with Gasteiger partial charge < -0.3 is 14.6 Å². The van der Waals surface area contributed by atoms with Gasteiger partial charge in [-0.3, -0.25) is 9.59 Å². The average Bonchev–Trinajstić information content (AvgIpc) is 2.81. The van der Waals surface area contributed by atoms with Crippen LogP contribution in [0.3, 0.4) is 0 Å².